The fourth-order valence-electron chi connectivity index (χ4n) is 4.05. The average molecular weight is 464 g/mol. The van der Waals surface area contributed by atoms with Gasteiger partial charge in [-0.25, -0.2) is 4.39 Å². The average Bonchev–Trinajstić information content (AvgIpc) is 3.25. The highest BCUT2D eigenvalue weighted by molar-refractivity contribution is 6.15. The first-order valence-corrected chi connectivity index (χ1v) is 11.1. The number of para-hydroxylation sites is 2. The summed E-state index contributed by atoms with van der Waals surface area (Å²) in [6, 6.07) is 31.7. The number of furan rings is 1. The number of carbonyl (C=O) groups is 2. The highest BCUT2D eigenvalue weighted by atomic mass is 19.1. The molecule has 4 aromatic carbocycles. The maximum Gasteiger partial charge on any atom is 0.293 e. The van der Waals surface area contributed by atoms with Crippen LogP contribution in [0.3, 0.4) is 0 Å². The molecule has 0 aliphatic carbocycles. The molecule has 1 aromatic heterocycles. The molecule has 2 amide bonds. The van der Waals surface area contributed by atoms with Crippen LogP contribution in [0.25, 0.3) is 11.0 Å². The van der Waals surface area contributed by atoms with Crippen LogP contribution in [0.2, 0.25) is 0 Å². The van der Waals surface area contributed by atoms with Gasteiger partial charge < -0.3 is 15.1 Å². The first kappa shape index (κ1) is 22.1. The molecular formula is C29H21FN2O3. The van der Waals surface area contributed by atoms with Gasteiger partial charge in [-0.05, 0) is 35.4 Å². The Morgan fingerprint density at radius 3 is 1.91 bits per heavy atom. The number of nitrogens with one attached hydrogen (secondary N) is 2. The Balaban J connectivity index is 1.54. The van der Waals surface area contributed by atoms with Crippen LogP contribution in [-0.4, -0.2) is 11.8 Å². The molecule has 0 radical (unpaired) electrons. The number of halogens is 1. The molecule has 5 nitrogen and oxygen atoms in total. The Bertz CT molecular complexity index is 1460. The highest BCUT2D eigenvalue weighted by Crippen LogP contribution is 2.34. The lowest BCUT2D eigenvalue weighted by Crippen LogP contribution is -2.24. The van der Waals surface area contributed by atoms with E-state index in [0.29, 0.717) is 11.0 Å². The number of hydrogen-bond donors (Lipinski definition) is 2. The van der Waals surface area contributed by atoms with Gasteiger partial charge in [-0.2, -0.15) is 0 Å². The number of carbonyl (C=O) groups excluding carboxylic acids is 2. The molecule has 0 unspecified atom stereocenters. The van der Waals surface area contributed by atoms with E-state index >= 15 is 0 Å². The van der Waals surface area contributed by atoms with E-state index < -0.39 is 17.6 Å². The number of rotatable bonds is 6. The van der Waals surface area contributed by atoms with E-state index in [2.05, 4.69) is 10.6 Å². The van der Waals surface area contributed by atoms with Gasteiger partial charge in [0.2, 0.25) is 11.7 Å². The van der Waals surface area contributed by atoms with Crippen molar-refractivity contribution in [3.8, 4) is 0 Å². The summed E-state index contributed by atoms with van der Waals surface area (Å²) in [5.41, 5.74) is 2.29. The SMILES string of the molecule is O=C(Nc1ccccc1F)c1oc2ccccc2c1NC(=O)C(c1ccccc1)c1ccccc1. The molecule has 0 atom stereocenters. The van der Waals surface area contributed by atoms with Crippen molar-refractivity contribution in [3.63, 3.8) is 0 Å². The molecule has 0 bridgehead atoms. The van der Waals surface area contributed by atoms with Gasteiger partial charge in [-0.15, -0.1) is 0 Å². The minimum atomic E-state index is -0.669. The van der Waals surface area contributed by atoms with E-state index in [0.717, 1.165) is 11.1 Å². The van der Waals surface area contributed by atoms with Gasteiger partial charge in [0, 0.05) is 5.39 Å². The molecule has 0 saturated heterocycles. The molecule has 1 heterocycles. The third-order valence-electron chi connectivity index (χ3n) is 5.70. The van der Waals surface area contributed by atoms with Crippen molar-refractivity contribution in [2.24, 2.45) is 0 Å². The van der Waals surface area contributed by atoms with E-state index in [1.54, 1.807) is 30.3 Å². The van der Waals surface area contributed by atoms with Crippen LogP contribution in [-0.2, 0) is 4.79 Å². The standard InChI is InChI=1S/C29H21FN2O3/c30-22-16-8-9-17-23(22)31-29(34)27-26(21-15-7-10-18-24(21)35-27)32-28(33)25(19-11-3-1-4-12-19)20-13-5-2-6-14-20/h1-18,25H,(H,31,34)(H,32,33). The maximum atomic E-state index is 14.1. The Hall–Kier alpha value is -4.71. The molecule has 6 heteroatoms. The third kappa shape index (κ3) is 4.54. The summed E-state index contributed by atoms with van der Waals surface area (Å²) >= 11 is 0. The van der Waals surface area contributed by atoms with Crippen LogP contribution >= 0.6 is 0 Å². The monoisotopic (exact) mass is 464 g/mol. The maximum absolute atomic E-state index is 14.1. The predicted octanol–water partition coefficient (Wildman–Crippen LogP) is 6.59. The van der Waals surface area contributed by atoms with Gasteiger partial charge in [-0.3, -0.25) is 9.59 Å². The van der Waals surface area contributed by atoms with Crippen LogP contribution in [0.4, 0.5) is 15.8 Å². The van der Waals surface area contributed by atoms with E-state index in [4.69, 9.17) is 4.42 Å². The molecule has 0 aliphatic heterocycles. The molecule has 2 N–H and O–H groups in total. The summed E-state index contributed by atoms with van der Waals surface area (Å²) in [7, 11) is 0. The lowest BCUT2D eigenvalue weighted by atomic mass is 9.90. The van der Waals surface area contributed by atoms with Gasteiger partial charge in [0.25, 0.3) is 5.91 Å². The van der Waals surface area contributed by atoms with Crippen LogP contribution in [0.5, 0.6) is 0 Å². The predicted molar refractivity (Wildman–Crippen MR) is 134 cm³/mol. The normalized spacial score (nSPS) is 10.9. The quantitative estimate of drug-likeness (QED) is 0.298. The molecule has 172 valence electrons. The molecule has 0 fully saturated rings. The molecule has 5 rings (SSSR count). The smallest absolute Gasteiger partial charge is 0.293 e. The van der Waals surface area contributed by atoms with Crippen molar-refractivity contribution >= 4 is 34.2 Å². The minimum Gasteiger partial charge on any atom is -0.449 e. The van der Waals surface area contributed by atoms with Crippen LogP contribution in [0.1, 0.15) is 27.6 Å². The molecule has 35 heavy (non-hydrogen) atoms. The van der Waals surface area contributed by atoms with E-state index in [1.807, 2.05) is 60.7 Å². The minimum absolute atomic E-state index is 0.0154. The summed E-state index contributed by atoms with van der Waals surface area (Å²) in [5, 5.41) is 6.03. The second kappa shape index (κ2) is 9.65. The lowest BCUT2D eigenvalue weighted by molar-refractivity contribution is -0.116. The fraction of sp³-hybridized carbons (Fsp3) is 0.0345. The van der Waals surface area contributed by atoms with Crippen LogP contribution in [0.15, 0.2) is 114 Å². The fourth-order valence-corrected chi connectivity index (χ4v) is 4.05. The number of anilines is 2. The zero-order valence-corrected chi connectivity index (χ0v) is 18.6. The summed E-state index contributed by atoms with van der Waals surface area (Å²) in [4.78, 5) is 26.8. The molecule has 5 aromatic rings. The number of amides is 2. The van der Waals surface area contributed by atoms with Crippen LogP contribution in [0, 0.1) is 5.82 Å². The Morgan fingerprint density at radius 1 is 0.686 bits per heavy atom. The largest absolute Gasteiger partial charge is 0.449 e. The Labute approximate surface area is 201 Å². The second-order valence-electron chi connectivity index (χ2n) is 7.98. The second-order valence-corrected chi connectivity index (χ2v) is 7.98. The van der Waals surface area contributed by atoms with Gasteiger partial charge in [0.15, 0.2) is 0 Å². The lowest BCUT2D eigenvalue weighted by Gasteiger charge is -2.18. The highest BCUT2D eigenvalue weighted by Gasteiger charge is 2.28. The summed E-state index contributed by atoms with van der Waals surface area (Å²) in [6.45, 7) is 0. The van der Waals surface area contributed by atoms with E-state index in [9.17, 15) is 14.0 Å². The number of fused-ring (bicyclic) bond motifs is 1. The zero-order valence-electron chi connectivity index (χ0n) is 18.6. The topological polar surface area (TPSA) is 71.3 Å². The Morgan fingerprint density at radius 2 is 1.26 bits per heavy atom. The molecule has 0 saturated carbocycles. The van der Waals surface area contributed by atoms with E-state index in [1.165, 1.54) is 18.2 Å². The van der Waals surface area contributed by atoms with E-state index in [-0.39, 0.29) is 23.0 Å². The van der Waals surface area contributed by atoms with Gasteiger partial charge in [-0.1, -0.05) is 84.9 Å². The molecule has 0 aliphatic rings. The van der Waals surface area contributed by atoms with Crippen molar-refractivity contribution in [2.75, 3.05) is 10.6 Å². The zero-order chi connectivity index (χ0) is 24.2. The molecular weight excluding hydrogens is 443 g/mol. The number of benzene rings is 4. The van der Waals surface area contributed by atoms with Gasteiger partial charge >= 0.3 is 0 Å². The first-order chi connectivity index (χ1) is 17.1. The Kier molecular flexibility index (Phi) is 6.09. The van der Waals surface area contributed by atoms with Gasteiger partial charge in [0.05, 0.1) is 11.6 Å². The molecule has 0 spiro atoms. The summed E-state index contributed by atoms with van der Waals surface area (Å²) in [5.74, 6) is -2.29. The summed E-state index contributed by atoms with van der Waals surface area (Å²) < 4.78 is 20.0. The summed E-state index contributed by atoms with van der Waals surface area (Å²) in [6.07, 6.45) is 0. The van der Waals surface area contributed by atoms with Crippen molar-refractivity contribution in [1.82, 2.24) is 0 Å². The van der Waals surface area contributed by atoms with Crippen molar-refractivity contribution < 1.29 is 18.4 Å². The van der Waals surface area contributed by atoms with Gasteiger partial charge in [0.1, 0.15) is 17.1 Å². The van der Waals surface area contributed by atoms with Crippen molar-refractivity contribution in [3.05, 3.63) is 132 Å². The first-order valence-electron chi connectivity index (χ1n) is 11.1. The van der Waals surface area contributed by atoms with Crippen LogP contribution < -0.4 is 10.6 Å². The van der Waals surface area contributed by atoms with Crippen molar-refractivity contribution in [2.45, 2.75) is 5.92 Å². The number of hydrogen-bond acceptors (Lipinski definition) is 3. The third-order valence-corrected chi connectivity index (χ3v) is 5.70. The van der Waals surface area contributed by atoms with Crippen molar-refractivity contribution in [1.29, 1.82) is 0 Å².